The third-order valence-electron chi connectivity index (χ3n) is 3.21. The molecule has 0 bridgehead atoms. The Morgan fingerprint density at radius 2 is 2.14 bits per heavy atom. The molecule has 0 saturated heterocycles. The van der Waals surface area contributed by atoms with Crippen LogP contribution in [0.5, 0.6) is 0 Å². The van der Waals surface area contributed by atoms with E-state index in [4.69, 9.17) is 5.11 Å². The molecule has 0 atom stereocenters. The summed E-state index contributed by atoms with van der Waals surface area (Å²) in [4.78, 5) is 24.6. The van der Waals surface area contributed by atoms with Crippen LogP contribution in [0.25, 0.3) is 6.08 Å². The fourth-order valence-corrected chi connectivity index (χ4v) is 1.93. The van der Waals surface area contributed by atoms with E-state index in [0.29, 0.717) is 18.5 Å². The van der Waals surface area contributed by atoms with Crippen LogP contribution >= 0.6 is 0 Å². The van der Waals surface area contributed by atoms with E-state index in [0.717, 1.165) is 18.4 Å². The van der Waals surface area contributed by atoms with Gasteiger partial charge in [-0.25, -0.2) is 0 Å². The number of unbranched alkanes of at least 4 members (excludes halogenated alkanes) is 1. The zero-order valence-corrected chi connectivity index (χ0v) is 13.1. The van der Waals surface area contributed by atoms with E-state index >= 15 is 0 Å². The number of benzene rings is 1. The monoisotopic (exact) mass is 305 g/mol. The fourth-order valence-electron chi connectivity index (χ4n) is 1.93. The molecule has 0 aliphatic rings. The number of hydrogen-bond donors (Lipinski definition) is 1. The van der Waals surface area contributed by atoms with Gasteiger partial charge in [-0.1, -0.05) is 24.3 Å². The first kappa shape index (κ1) is 17.9. The Bertz CT molecular complexity index is 525. The average molecular weight is 305 g/mol. The number of carbonyl (C=O) groups excluding carboxylic acids is 2. The van der Waals surface area contributed by atoms with Gasteiger partial charge in [0.05, 0.1) is 13.7 Å². The summed E-state index contributed by atoms with van der Waals surface area (Å²) in [6.45, 7) is 0.258. The van der Waals surface area contributed by atoms with Crippen molar-refractivity contribution >= 4 is 18.0 Å². The Hall–Kier alpha value is -2.14. The number of amides is 1. The molecule has 0 aliphatic carbocycles. The summed E-state index contributed by atoms with van der Waals surface area (Å²) in [6.07, 6.45) is 5.83. The Balaban J connectivity index is 2.57. The minimum atomic E-state index is -0.201. The summed E-state index contributed by atoms with van der Waals surface area (Å²) in [5.41, 5.74) is 1.52. The number of hydrogen-bond acceptors (Lipinski definition) is 4. The van der Waals surface area contributed by atoms with Gasteiger partial charge in [-0.2, -0.15) is 0 Å². The SMILES string of the molecule is COC(=O)CCCC=Cc1cccc(C(=O)N(C)CCO)c1. The summed E-state index contributed by atoms with van der Waals surface area (Å²) in [5, 5.41) is 8.87. The standard InChI is InChI=1S/C17H23NO4/c1-18(11-12-19)17(21)15-9-6-8-14(13-15)7-4-3-5-10-16(20)22-2/h4,6-9,13,19H,3,5,10-12H2,1-2H3. The largest absolute Gasteiger partial charge is 0.469 e. The smallest absolute Gasteiger partial charge is 0.305 e. The van der Waals surface area contributed by atoms with E-state index in [9.17, 15) is 9.59 Å². The highest BCUT2D eigenvalue weighted by Crippen LogP contribution is 2.10. The quantitative estimate of drug-likeness (QED) is 0.590. The fraction of sp³-hybridized carbons (Fsp3) is 0.412. The molecule has 0 spiro atoms. The van der Waals surface area contributed by atoms with Crippen LogP contribution in [-0.2, 0) is 9.53 Å². The molecular weight excluding hydrogens is 282 g/mol. The number of aliphatic hydroxyl groups excluding tert-OH is 1. The normalized spacial score (nSPS) is 10.7. The Morgan fingerprint density at radius 3 is 2.82 bits per heavy atom. The molecule has 22 heavy (non-hydrogen) atoms. The second kappa shape index (κ2) is 9.73. The molecule has 0 saturated carbocycles. The Morgan fingerprint density at radius 1 is 1.36 bits per heavy atom. The molecule has 1 rings (SSSR count). The molecule has 0 aromatic heterocycles. The number of rotatable bonds is 8. The summed E-state index contributed by atoms with van der Waals surface area (Å²) in [5.74, 6) is -0.317. The van der Waals surface area contributed by atoms with Gasteiger partial charge in [0.15, 0.2) is 0 Å². The molecule has 1 amide bonds. The zero-order chi connectivity index (χ0) is 16.4. The lowest BCUT2D eigenvalue weighted by atomic mass is 10.1. The van der Waals surface area contributed by atoms with Crippen molar-refractivity contribution < 1.29 is 19.4 Å². The molecule has 1 aromatic carbocycles. The van der Waals surface area contributed by atoms with Crippen molar-refractivity contribution in [2.45, 2.75) is 19.3 Å². The Kier molecular flexibility index (Phi) is 7.92. The van der Waals surface area contributed by atoms with Crippen LogP contribution in [0.4, 0.5) is 0 Å². The van der Waals surface area contributed by atoms with E-state index in [1.54, 1.807) is 13.1 Å². The number of allylic oxidation sites excluding steroid dienone is 1. The lowest BCUT2D eigenvalue weighted by Gasteiger charge is -2.15. The predicted molar refractivity (Wildman–Crippen MR) is 85.4 cm³/mol. The van der Waals surface area contributed by atoms with Crippen LogP contribution in [0.15, 0.2) is 30.3 Å². The molecule has 5 nitrogen and oxygen atoms in total. The van der Waals surface area contributed by atoms with Gasteiger partial charge < -0.3 is 14.7 Å². The van der Waals surface area contributed by atoms with Crippen molar-refractivity contribution in [2.24, 2.45) is 0 Å². The maximum Gasteiger partial charge on any atom is 0.305 e. The van der Waals surface area contributed by atoms with Gasteiger partial charge in [0.2, 0.25) is 0 Å². The van der Waals surface area contributed by atoms with Gasteiger partial charge in [-0.15, -0.1) is 0 Å². The second-order valence-corrected chi connectivity index (χ2v) is 4.95. The second-order valence-electron chi connectivity index (χ2n) is 4.95. The van der Waals surface area contributed by atoms with Crippen molar-refractivity contribution in [3.63, 3.8) is 0 Å². The minimum absolute atomic E-state index is 0.0535. The number of carbonyl (C=O) groups is 2. The molecular formula is C17H23NO4. The van der Waals surface area contributed by atoms with E-state index in [1.807, 2.05) is 30.4 Å². The van der Waals surface area contributed by atoms with Gasteiger partial charge in [-0.05, 0) is 30.5 Å². The van der Waals surface area contributed by atoms with Crippen molar-refractivity contribution in [3.05, 3.63) is 41.5 Å². The molecule has 1 N–H and O–H groups in total. The average Bonchev–Trinajstić information content (AvgIpc) is 2.54. The lowest BCUT2D eigenvalue weighted by Crippen LogP contribution is -2.29. The Labute approximate surface area is 131 Å². The zero-order valence-electron chi connectivity index (χ0n) is 13.1. The molecule has 0 heterocycles. The summed E-state index contributed by atoms with van der Waals surface area (Å²) >= 11 is 0. The number of methoxy groups -OCH3 is 1. The summed E-state index contributed by atoms with van der Waals surface area (Å²) in [7, 11) is 3.04. The van der Waals surface area contributed by atoms with Crippen LogP contribution in [0.2, 0.25) is 0 Å². The molecule has 1 aromatic rings. The third-order valence-corrected chi connectivity index (χ3v) is 3.21. The van der Waals surface area contributed by atoms with E-state index in [2.05, 4.69) is 4.74 Å². The van der Waals surface area contributed by atoms with Crippen molar-refractivity contribution in [2.75, 3.05) is 27.3 Å². The minimum Gasteiger partial charge on any atom is -0.469 e. The predicted octanol–water partition coefficient (Wildman–Crippen LogP) is 2.11. The number of ether oxygens (including phenoxy) is 1. The van der Waals surface area contributed by atoms with Crippen LogP contribution in [0.1, 0.15) is 35.2 Å². The third kappa shape index (κ3) is 6.10. The van der Waals surface area contributed by atoms with Crippen LogP contribution < -0.4 is 0 Å². The van der Waals surface area contributed by atoms with E-state index in [-0.39, 0.29) is 18.5 Å². The number of esters is 1. The molecule has 0 unspecified atom stereocenters. The number of nitrogens with zero attached hydrogens (tertiary/aromatic N) is 1. The van der Waals surface area contributed by atoms with Crippen molar-refractivity contribution in [3.8, 4) is 0 Å². The topological polar surface area (TPSA) is 66.8 Å². The maximum absolute atomic E-state index is 12.1. The molecule has 120 valence electrons. The van der Waals surface area contributed by atoms with E-state index in [1.165, 1.54) is 12.0 Å². The maximum atomic E-state index is 12.1. The first-order valence-electron chi connectivity index (χ1n) is 7.28. The molecule has 5 heteroatoms. The highest BCUT2D eigenvalue weighted by molar-refractivity contribution is 5.94. The van der Waals surface area contributed by atoms with Crippen molar-refractivity contribution in [1.82, 2.24) is 4.90 Å². The molecule has 0 fully saturated rings. The summed E-state index contributed by atoms with van der Waals surface area (Å²) in [6, 6.07) is 7.31. The van der Waals surface area contributed by atoms with E-state index < -0.39 is 0 Å². The lowest BCUT2D eigenvalue weighted by molar-refractivity contribution is -0.140. The van der Waals surface area contributed by atoms with Gasteiger partial charge in [0.25, 0.3) is 5.91 Å². The first-order valence-corrected chi connectivity index (χ1v) is 7.28. The van der Waals surface area contributed by atoms with Crippen molar-refractivity contribution in [1.29, 1.82) is 0 Å². The van der Waals surface area contributed by atoms with Gasteiger partial charge in [-0.3, -0.25) is 9.59 Å². The van der Waals surface area contributed by atoms with Crippen LogP contribution in [0, 0.1) is 0 Å². The highest BCUT2D eigenvalue weighted by atomic mass is 16.5. The van der Waals surface area contributed by atoms with Gasteiger partial charge >= 0.3 is 5.97 Å². The first-order chi connectivity index (χ1) is 10.6. The number of aliphatic hydroxyl groups is 1. The van der Waals surface area contributed by atoms with Gasteiger partial charge in [0, 0.05) is 25.6 Å². The van der Waals surface area contributed by atoms with Gasteiger partial charge in [0.1, 0.15) is 0 Å². The number of likely N-dealkylation sites (N-methyl/N-ethyl adjacent to an activating group) is 1. The van der Waals surface area contributed by atoms with Crippen LogP contribution in [-0.4, -0.2) is 49.2 Å². The highest BCUT2D eigenvalue weighted by Gasteiger charge is 2.10. The van der Waals surface area contributed by atoms with Crippen LogP contribution in [0.3, 0.4) is 0 Å². The molecule has 0 radical (unpaired) electrons. The molecule has 0 aliphatic heterocycles. The summed E-state index contributed by atoms with van der Waals surface area (Å²) < 4.78 is 4.58.